The van der Waals surface area contributed by atoms with Gasteiger partial charge in [0.1, 0.15) is 5.78 Å². The lowest BCUT2D eigenvalue weighted by Gasteiger charge is -2.39. The van der Waals surface area contributed by atoms with Crippen molar-refractivity contribution in [3.05, 3.63) is 12.2 Å². The van der Waals surface area contributed by atoms with E-state index in [-0.39, 0.29) is 5.92 Å². The molecule has 15 heavy (non-hydrogen) atoms. The molecule has 0 amide bonds. The molecule has 1 N–H and O–H groups in total. The van der Waals surface area contributed by atoms with E-state index in [0.717, 1.165) is 31.6 Å². The molecule has 0 radical (unpaired) electrons. The molecule has 0 aliphatic carbocycles. The summed E-state index contributed by atoms with van der Waals surface area (Å²) in [4.78, 5) is 11.9. The molecular weight excluding hydrogens is 190 g/mol. The number of carbonyl (C=O) groups is 1. The standard InChI is InChI=1S/C12H19NO2/c1-8(2)3-12(14)9-4-10-6-15-7-11(5-9)13-10/h9-11,13H,1,3-7H2,2H3. The molecule has 0 aromatic carbocycles. The first-order valence-corrected chi connectivity index (χ1v) is 5.66. The number of hydrogen-bond donors (Lipinski definition) is 1. The van der Waals surface area contributed by atoms with Gasteiger partial charge in [0.15, 0.2) is 0 Å². The number of piperidine rings is 1. The minimum atomic E-state index is 0.224. The number of fused-ring (bicyclic) bond motifs is 2. The van der Waals surface area contributed by atoms with Crippen molar-refractivity contribution in [2.24, 2.45) is 5.92 Å². The monoisotopic (exact) mass is 209 g/mol. The fraction of sp³-hybridized carbons (Fsp3) is 0.750. The van der Waals surface area contributed by atoms with Crippen LogP contribution in [0.3, 0.4) is 0 Å². The molecule has 0 saturated carbocycles. The fourth-order valence-corrected chi connectivity index (χ4v) is 2.54. The van der Waals surface area contributed by atoms with Gasteiger partial charge >= 0.3 is 0 Å². The number of rotatable bonds is 3. The van der Waals surface area contributed by atoms with Crippen LogP contribution in [-0.4, -0.2) is 31.1 Å². The number of nitrogens with one attached hydrogen (secondary N) is 1. The van der Waals surface area contributed by atoms with E-state index >= 15 is 0 Å². The summed E-state index contributed by atoms with van der Waals surface area (Å²) in [6, 6.07) is 0.771. The van der Waals surface area contributed by atoms with Gasteiger partial charge in [0, 0.05) is 24.4 Å². The molecule has 2 saturated heterocycles. The van der Waals surface area contributed by atoms with Gasteiger partial charge in [-0.2, -0.15) is 0 Å². The Bertz CT molecular complexity index is 263. The average Bonchev–Trinajstić information content (AvgIpc) is 2.16. The summed E-state index contributed by atoms with van der Waals surface area (Å²) in [5.74, 6) is 0.586. The highest BCUT2D eigenvalue weighted by Gasteiger charge is 2.34. The lowest BCUT2D eigenvalue weighted by Crippen LogP contribution is -2.55. The summed E-state index contributed by atoms with van der Waals surface area (Å²) in [5, 5.41) is 3.49. The van der Waals surface area contributed by atoms with Gasteiger partial charge in [0.2, 0.25) is 0 Å². The number of allylic oxidation sites excluding steroid dienone is 1. The van der Waals surface area contributed by atoms with Gasteiger partial charge in [-0.15, -0.1) is 0 Å². The second-order valence-corrected chi connectivity index (χ2v) is 4.87. The molecule has 2 heterocycles. The van der Waals surface area contributed by atoms with Crippen LogP contribution in [0, 0.1) is 5.92 Å². The third-order valence-corrected chi connectivity index (χ3v) is 3.18. The first-order valence-electron chi connectivity index (χ1n) is 5.66. The molecular formula is C12H19NO2. The maximum absolute atomic E-state index is 11.9. The summed E-state index contributed by atoms with van der Waals surface area (Å²) in [6.07, 6.45) is 2.41. The van der Waals surface area contributed by atoms with Gasteiger partial charge in [-0.1, -0.05) is 12.2 Å². The quantitative estimate of drug-likeness (QED) is 0.712. The van der Waals surface area contributed by atoms with Crippen molar-refractivity contribution in [1.82, 2.24) is 5.32 Å². The predicted octanol–water partition coefficient (Wildman–Crippen LogP) is 1.29. The SMILES string of the molecule is C=C(C)CC(=O)C1CC2COCC(C1)N2. The fourth-order valence-electron chi connectivity index (χ4n) is 2.54. The second-order valence-electron chi connectivity index (χ2n) is 4.87. The molecule has 2 aliphatic heterocycles. The van der Waals surface area contributed by atoms with Gasteiger partial charge in [0.25, 0.3) is 0 Å². The Hall–Kier alpha value is -0.670. The van der Waals surface area contributed by atoms with Crippen LogP contribution in [0.15, 0.2) is 12.2 Å². The van der Waals surface area contributed by atoms with Crippen molar-refractivity contribution in [3.63, 3.8) is 0 Å². The number of morpholine rings is 1. The first-order chi connectivity index (χ1) is 7.15. The highest BCUT2D eigenvalue weighted by molar-refractivity contribution is 5.83. The van der Waals surface area contributed by atoms with E-state index in [1.54, 1.807) is 0 Å². The van der Waals surface area contributed by atoms with Crippen molar-refractivity contribution in [2.75, 3.05) is 13.2 Å². The third-order valence-electron chi connectivity index (χ3n) is 3.18. The maximum atomic E-state index is 11.9. The van der Waals surface area contributed by atoms with Crippen LogP contribution in [0.4, 0.5) is 0 Å². The van der Waals surface area contributed by atoms with Gasteiger partial charge < -0.3 is 10.1 Å². The van der Waals surface area contributed by atoms with E-state index in [2.05, 4.69) is 11.9 Å². The van der Waals surface area contributed by atoms with E-state index in [0.29, 0.717) is 24.3 Å². The van der Waals surface area contributed by atoms with Crippen molar-refractivity contribution in [3.8, 4) is 0 Å². The summed E-state index contributed by atoms with van der Waals surface area (Å²) < 4.78 is 5.45. The molecule has 2 atom stereocenters. The normalized spacial score (nSPS) is 34.9. The van der Waals surface area contributed by atoms with Crippen LogP contribution in [0.2, 0.25) is 0 Å². The molecule has 0 aromatic heterocycles. The van der Waals surface area contributed by atoms with E-state index in [4.69, 9.17) is 4.74 Å². The van der Waals surface area contributed by atoms with Crippen molar-refractivity contribution in [2.45, 2.75) is 38.3 Å². The Morgan fingerprint density at radius 2 is 2.00 bits per heavy atom. The maximum Gasteiger partial charge on any atom is 0.140 e. The van der Waals surface area contributed by atoms with Crippen LogP contribution < -0.4 is 5.32 Å². The van der Waals surface area contributed by atoms with Gasteiger partial charge in [-0.25, -0.2) is 0 Å². The summed E-state index contributed by atoms with van der Waals surface area (Å²) >= 11 is 0. The molecule has 2 unspecified atom stereocenters. The molecule has 3 heteroatoms. The summed E-state index contributed by atoms with van der Waals surface area (Å²) in [5.41, 5.74) is 0.972. The van der Waals surface area contributed by atoms with E-state index < -0.39 is 0 Å². The molecule has 2 rings (SSSR count). The third kappa shape index (κ3) is 2.67. The lowest BCUT2D eigenvalue weighted by molar-refractivity contribution is -0.125. The van der Waals surface area contributed by atoms with E-state index in [1.165, 1.54) is 0 Å². The number of carbonyl (C=O) groups excluding carboxylic acids is 1. The number of ether oxygens (including phenoxy) is 1. The van der Waals surface area contributed by atoms with Crippen LogP contribution in [0.5, 0.6) is 0 Å². The topological polar surface area (TPSA) is 38.3 Å². The highest BCUT2D eigenvalue weighted by atomic mass is 16.5. The minimum absolute atomic E-state index is 0.224. The lowest BCUT2D eigenvalue weighted by atomic mass is 9.82. The number of hydrogen-bond acceptors (Lipinski definition) is 3. The molecule has 3 nitrogen and oxygen atoms in total. The Morgan fingerprint density at radius 3 is 2.53 bits per heavy atom. The van der Waals surface area contributed by atoms with Crippen LogP contribution >= 0.6 is 0 Å². The molecule has 0 aromatic rings. The zero-order valence-corrected chi connectivity index (χ0v) is 9.29. The molecule has 0 spiro atoms. The van der Waals surface area contributed by atoms with Crippen LogP contribution in [0.1, 0.15) is 26.2 Å². The van der Waals surface area contributed by atoms with Crippen LogP contribution in [0.25, 0.3) is 0 Å². The average molecular weight is 209 g/mol. The van der Waals surface area contributed by atoms with E-state index in [9.17, 15) is 4.79 Å². The molecule has 2 aliphatic rings. The van der Waals surface area contributed by atoms with Crippen molar-refractivity contribution < 1.29 is 9.53 Å². The first kappa shape index (κ1) is 10.8. The zero-order chi connectivity index (χ0) is 10.8. The van der Waals surface area contributed by atoms with Crippen molar-refractivity contribution in [1.29, 1.82) is 0 Å². The van der Waals surface area contributed by atoms with Gasteiger partial charge in [-0.05, 0) is 19.8 Å². The summed E-state index contributed by atoms with van der Waals surface area (Å²) in [7, 11) is 0. The second kappa shape index (κ2) is 4.45. The summed E-state index contributed by atoms with van der Waals surface area (Å²) in [6.45, 7) is 7.24. The van der Waals surface area contributed by atoms with Gasteiger partial charge in [-0.3, -0.25) is 4.79 Å². The Kier molecular flexibility index (Phi) is 3.22. The van der Waals surface area contributed by atoms with Crippen LogP contribution in [-0.2, 0) is 9.53 Å². The largest absolute Gasteiger partial charge is 0.378 e. The Morgan fingerprint density at radius 1 is 1.40 bits per heavy atom. The smallest absolute Gasteiger partial charge is 0.140 e. The number of ketones is 1. The molecule has 2 bridgehead atoms. The Labute approximate surface area is 90.9 Å². The number of Topliss-reactive ketones (excluding diaryl/α,β-unsaturated/α-hetero) is 1. The predicted molar refractivity (Wildman–Crippen MR) is 58.7 cm³/mol. The van der Waals surface area contributed by atoms with Crippen molar-refractivity contribution >= 4 is 5.78 Å². The molecule has 2 fully saturated rings. The molecule has 84 valence electrons. The minimum Gasteiger partial charge on any atom is -0.378 e. The van der Waals surface area contributed by atoms with E-state index in [1.807, 2.05) is 6.92 Å². The Balaban J connectivity index is 1.93. The highest BCUT2D eigenvalue weighted by Crippen LogP contribution is 2.26. The van der Waals surface area contributed by atoms with Gasteiger partial charge in [0.05, 0.1) is 13.2 Å². The zero-order valence-electron chi connectivity index (χ0n) is 9.29.